The highest BCUT2D eigenvalue weighted by Gasteiger charge is 2.15. The Morgan fingerprint density at radius 2 is 2.19 bits per heavy atom. The molecule has 0 saturated heterocycles. The predicted octanol–water partition coefficient (Wildman–Crippen LogP) is 2.90. The van der Waals surface area contributed by atoms with Crippen molar-refractivity contribution < 1.29 is 4.74 Å². The Hall–Kier alpha value is -1.02. The van der Waals surface area contributed by atoms with Crippen molar-refractivity contribution >= 4 is 0 Å². The van der Waals surface area contributed by atoms with E-state index in [2.05, 4.69) is 44.3 Å². The van der Waals surface area contributed by atoms with Crippen LogP contribution in [0.3, 0.4) is 0 Å². The summed E-state index contributed by atoms with van der Waals surface area (Å²) in [4.78, 5) is 0. The second-order valence-corrected chi connectivity index (χ2v) is 5.13. The van der Waals surface area contributed by atoms with Crippen molar-refractivity contribution in [1.29, 1.82) is 0 Å². The first kappa shape index (κ1) is 11.5. The summed E-state index contributed by atoms with van der Waals surface area (Å²) in [6, 6.07) is 6.52. The van der Waals surface area contributed by atoms with Gasteiger partial charge in [0.2, 0.25) is 0 Å². The molecule has 0 bridgehead atoms. The second-order valence-electron chi connectivity index (χ2n) is 5.13. The molecule has 1 aromatic rings. The minimum absolute atomic E-state index is 0.218. The van der Waals surface area contributed by atoms with Crippen LogP contribution in [0.25, 0.3) is 0 Å². The lowest BCUT2D eigenvalue weighted by atomic mass is 10.0. The summed E-state index contributed by atoms with van der Waals surface area (Å²) in [5.41, 5.74) is 2.93. The molecule has 2 heteroatoms. The summed E-state index contributed by atoms with van der Waals surface area (Å²) in [6.45, 7) is 8.47. The van der Waals surface area contributed by atoms with Gasteiger partial charge in [-0.1, -0.05) is 19.1 Å². The molecule has 2 nitrogen and oxygen atoms in total. The van der Waals surface area contributed by atoms with Gasteiger partial charge in [0, 0.05) is 18.5 Å². The number of nitrogens with one attached hydrogen (secondary N) is 1. The van der Waals surface area contributed by atoms with Crippen molar-refractivity contribution in [2.45, 2.75) is 45.7 Å². The lowest BCUT2D eigenvalue weighted by molar-refractivity contribution is 0.356. The van der Waals surface area contributed by atoms with Crippen molar-refractivity contribution in [3.05, 3.63) is 29.3 Å². The predicted molar refractivity (Wildman–Crippen MR) is 66.9 cm³/mol. The standard InChI is InChI=1S/C14H21NO/c1-4-14(2,3)15-10-11-5-6-13-12(9-11)7-8-16-13/h5-6,9,15H,4,7-8,10H2,1-3H3. The van der Waals surface area contributed by atoms with Crippen molar-refractivity contribution in [3.8, 4) is 5.75 Å². The molecule has 0 amide bonds. The Bertz CT molecular complexity index is 371. The van der Waals surface area contributed by atoms with Gasteiger partial charge in [-0.2, -0.15) is 0 Å². The van der Waals surface area contributed by atoms with Crippen LogP contribution in [0, 0.1) is 0 Å². The minimum atomic E-state index is 0.218. The Balaban J connectivity index is 2.00. The molecule has 0 spiro atoms. The quantitative estimate of drug-likeness (QED) is 0.840. The summed E-state index contributed by atoms with van der Waals surface area (Å²) in [5, 5.41) is 3.58. The third-order valence-electron chi connectivity index (χ3n) is 3.41. The zero-order chi connectivity index (χ0) is 11.6. The summed E-state index contributed by atoms with van der Waals surface area (Å²) < 4.78 is 5.50. The number of hydrogen-bond acceptors (Lipinski definition) is 2. The molecule has 1 aliphatic heterocycles. The lowest BCUT2D eigenvalue weighted by Crippen LogP contribution is -2.37. The zero-order valence-corrected chi connectivity index (χ0v) is 10.5. The van der Waals surface area contributed by atoms with Crippen LogP contribution in [0.15, 0.2) is 18.2 Å². The molecule has 0 atom stereocenters. The van der Waals surface area contributed by atoms with Crippen LogP contribution in [0.2, 0.25) is 0 Å². The van der Waals surface area contributed by atoms with Crippen molar-refractivity contribution in [2.24, 2.45) is 0 Å². The van der Waals surface area contributed by atoms with Crippen LogP contribution >= 0.6 is 0 Å². The van der Waals surface area contributed by atoms with Crippen LogP contribution < -0.4 is 10.1 Å². The highest BCUT2D eigenvalue weighted by atomic mass is 16.5. The largest absolute Gasteiger partial charge is 0.493 e. The lowest BCUT2D eigenvalue weighted by Gasteiger charge is -2.24. The first-order valence-corrected chi connectivity index (χ1v) is 6.10. The van der Waals surface area contributed by atoms with Crippen molar-refractivity contribution in [1.82, 2.24) is 5.32 Å². The number of ether oxygens (including phenoxy) is 1. The summed E-state index contributed by atoms with van der Waals surface area (Å²) >= 11 is 0. The fourth-order valence-corrected chi connectivity index (χ4v) is 1.82. The molecule has 1 aromatic carbocycles. The van der Waals surface area contributed by atoms with Crippen LogP contribution in [-0.2, 0) is 13.0 Å². The molecule has 0 aliphatic carbocycles. The van der Waals surface area contributed by atoms with E-state index < -0.39 is 0 Å². The average Bonchev–Trinajstić information content (AvgIpc) is 2.73. The molecule has 0 saturated carbocycles. The second kappa shape index (κ2) is 4.46. The van der Waals surface area contributed by atoms with Crippen LogP contribution in [-0.4, -0.2) is 12.1 Å². The molecule has 1 aliphatic rings. The molecule has 0 aromatic heterocycles. The first-order valence-electron chi connectivity index (χ1n) is 6.10. The normalized spacial score (nSPS) is 14.7. The third-order valence-corrected chi connectivity index (χ3v) is 3.41. The SMILES string of the molecule is CCC(C)(C)NCc1ccc2c(c1)CCO2. The van der Waals surface area contributed by atoms with Gasteiger partial charge in [-0.3, -0.25) is 0 Å². The topological polar surface area (TPSA) is 21.3 Å². The molecule has 2 rings (SSSR count). The van der Waals surface area contributed by atoms with Gasteiger partial charge in [0.25, 0.3) is 0 Å². The Morgan fingerprint density at radius 1 is 1.38 bits per heavy atom. The third kappa shape index (κ3) is 2.56. The van der Waals surface area contributed by atoms with Crippen LogP contribution in [0.1, 0.15) is 38.3 Å². The molecule has 0 unspecified atom stereocenters. The maximum Gasteiger partial charge on any atom is 0.122 e. The molecule has 0 fully saturated rings. The van der Waals surface area contributed by atoms with Gasteiger partial charge in [-0.05, 0) is 37.5 Å². The van der Waals surface area contributed by atoms with Crippen LogP contribution in [0.5, 0.6) is 5.75 Å². The monoisotopic (exact) mass is 219 g/mol. The smallest absolute Gasteiger partial charge is 0.122 e. The van der Waals surface area contributed by atoms with E-state index in [0.717, 1.165) is 31.7 Å². The first-order chi connectivity index (χ1) is 7.61. The van der Waals surface area contributed by atoms with Crippen LogP contribution in [0.4, 0.5) is 0 Å². The average molecular weight is 219 g/mol. The molecule has 1 N–H and O–H groups in total. The maximum absolute atomic E-state index is 5.50. The van der Waals surface area contributed by atoms with E-state index >= 15 is 0 Å². The van der Waals surface area contributed by atoms with Gasteiger partial charge < -0.3 is 10.1 Å². The molecule has 1 heterocycles. The van der Waals surface area contributed by atoms with E-state index in [1.165, 1.54) is 11.1 Å². The molecular formula is C14H21NO. The fourth-order valence-electron chi connectivity index (χ4n) is 1.82. The number of fused-ring (bicyclic) bond motifs is 1. The molecule has 88 valence electrons. The van der Waals surface area contributed by atoms with Gasteiger partial charge in [0.1, 0.15) is 5.75 Å². The van der Waals surface area contributed by atoms with E-state index in [1.54, 1.807) is 0 Å². The highest BCUT2D eigenvalue weighted by molar-refractivity contribution is 5.39. The van der Waals surface area contributed by atoms with E-state index in [9.17, 15) is 0 Å². The van der Waals surface area contributed by atoms with Gasteiger partial charge >= 0.3 is 0 Å². The molecule has 0 radical (unpaired) electrons. The van der Waals surface area contributed by atoms with Crippen molar-refractivity contribution in [2.75, 3.05) is 6.61 Å². The Kier molecular flexibility index (Phi) is 3.20. The zero-order valence-electron chi connectivity index (χ0n) is 10.5. The minimum Gasteiger partial charge on any atom is -0.493 e. The van der Waals surface area contributed by atoms with Gasteiger partial charge in [-0.15, -0.1) is 0 Å². The number of rotatable bonds is 4. The summed E-state index contributed by atoms with van der Waals surface area (Å²) in [6.07, 6.45) is 2.20. The van der Waals surface area contributed by atoms with E-state index in [1.807, 2.05) is 0 Å². The van der Waals surface area contributed by atoms with Gasteiger partial charge in [-0.25, -0.2) is 0 Å². The molecular weight excluding hydrogens is 198 g/mol. The number of hydrogen-bond donors (Lipinski definition) is 1. The maximum atomic E-state index is 5.50. The fraction of sp³-hybridized carbons (Fsp3) is 0.571. The van der Waals surface area contributed by atoms with E-state index in [-0.39, 0.29) is 5.54 Å². The summed E-state index contributed by atoms with van der Waals surface area (Å²) in [5.74, 6) is 1.07. The Labute approximate surface area is 98.0 Å². The highest BCUT2D eigenvalue weighted by Crippen LogP contribution is 2.26. The molecule has 16 heavy (non-hydrogen) atoms. The van der Waals surface area contributed by atoms with E-state index in [0.29, 0.717) is 0 Å². The Morgan fingerprint density at radius 3 is 2.94 bits per heavy atom. The van der Waals surface area contributed by atoms with Crippen molar-refractivity contribution in [3.63, 3.8) is 0 Å². The van der Waals surface area contributed by atoms with Gasteiger partial charge in [0.05, 0.1) is 6.61 Å². The van der Waals surface area contributed by atoms with E-state index in [4.69, 9.17) is 4.74 Å². The summed E-state index contributed by atoms with van der Waals surface area (Å²) in [7, 11) is 0. The van der Waals surface area contributed by atoms with Gasteiger partial charge in [0.15, 0.2) is 0 Å². The number of benzene rings is 1.